The Morgan fingerprint density at radius 1 is 1.21 bits per heavy atom. The number of hydrogen-bond acceptors (Lipinski definition) is 4. The number of carboxylic acids is 1. The normalized spacial score (nSPS) is 13.6. The van der Waals surface area contributed by atoms with Gasteiger partial charge in [-0.1, -0.05) is 0 Å². The largest absolute Gasteiger partial charge is 0.477 e. The lowest BCUT2D eigenvalue weighted by atomic mass is 10.1. The lowest BCUT2D eigenvalue weighted by Crippen LogP contribution is -2.20. The van der Waals surface area contributed by atoms with Gasteiger partial charge >= 0.3 is 5.97 Å². The Labute approximate surface area is 155 Å². The van der Waals surface area contributed by atoms with Gasteiger partial charge in [0.1, 0.15) is 11.3 Å². The molecule has 3 aromatic rings. The fourth-order valence-electron chi connectivity index (χ4n) is 3.21. The van der Waals surface area contributed by atoms with Gasteiger partial charge < -0.3 is 14.2 Å². The molecular formula is C19H12F2N2O5. The number of fused-ring (bicyclic) bond motifs is 1. The first-order valence-electron chi connectivity index (χ1n) is 8.31. The summed E-state index contributed by atoms with van der Waals surface area (Å²) in [6.07, 6.45) is 4.83. The minimum absolute atomic E-state index is 0.0466. The number of ketones is 1. The first-order chi connectivity index (χ1) is 13.3. The van der Waals surface area contributed by atoms with E-state index in [2.05, 4.69) is 0 Å². The van der Waals surface area contributed by atoms with Gasteiger partial charge in [-0.25, -0.2) is 13.6 Å². The summed E-state index contributed by atoms with van der Waals surface area (Å²) in [5, 5.41) is 8.86. The van der Waals surface area contributed by atoms with Crippen molar-refractivity contribution in [3.63, 3.8) is 0 Å². The van der Waals surface area contributed by atoms with E-state index in [0.29, 0.717) is 12.8 Å². The number of hydrogen-bond donors (Lipinski definition) is 1. The van der Waals surface area contributed by atoms with Crippen LogP contribution in [0.1, 0.15) is 39.6 Å². The second kappa shape index (κ2) is 6.22. The smallest absolute Gasteiger partial charge is 0.341 e. The lowest BCUT2D eigenvalue weighted by molar-refractivity contribution is -0.104. The molecule has 0 atom stereocenters. The van der Waals surface area contributed by atoms with Crippen LogP contribution in [-0.4, -0.2) is 32.3 Å². The highest BCUT2D eigenvalue weighted by molar-refractivity contribution is 6.33. The van der Waals surface area contributed by atoms with Gasteiger partial charge in [0.05, 0.1) is 10.9 Å². The third kappa shape index (κ3) is 2.63. The van der Waals surface area contributed by atoms with Crippen molar-refractivity contribution in [3.05, 3.63) is 63.7 Å². The summed E-state index contributed by atoms with van der Waals surface area (Å²) in [6, 6.07) is 1.84. The molecule has 28 heavy (non-hydrogen) atoms. The van der Waals surface area contributed by atoms with Crippen molar-refractivity contribution in [1.29, 1.82) is 0 Å². The van der Waals surface area contributed by atoms with Crippen molar-refractivity contribution in [2.45, 2.75) is 18.9 Å². The molecule has 0 radical (unpaired) electrons. The van der Waals surface area contributed by atoms with Gasteiger partial charge in [-0.2, -0.15) is 0 Å². The fraction of sp³-hybridized carbons (Fsp3) is 0.158. The molecule has 1 fully saturated rings. The monoisotopic (exact) mass is 386 g/mol. The number of carbonyl (C=O) groups excluding carboxylic acids is 2. The first kappa shape index (κ1) is 17.8. The molecule has 2 heterocycles. The standard InChI is InChI=1S/C19H12F2N2O5/c20-13-5-11-16(23(10-1-2-10)7-12(18(11)26)19(27)28)15(21)17(13)22-4-3-9(6-22)14(25)8-24/h3-8,10H,1-2H2,(H,27,28). The summed E-state index contributed by atoms with van der Waals surface area (Å²) in [6.45, 7) is 0. The van der Waals surface area contributed by atoms with Crippen LogP contribution in [0.25, 0.3) is 16.6 Å². The highest BCUT2D eigenvalue weighted by Crippen LogP contribution is 2.38. The van der Waals surface area contributed by atoms with E-state index < -0.39 is 40.1 Å². The first-order valence-corrected chi connectivity index (χ1v) is 8.31. The molecule has 1 saturated carbocycles. The van der Waals surface area contributed by atoms with E-state index >= 15 is 4.39 Å². The summed E-state index contributed by atoms with van der Waals surface area (Å²) in [7, 11) is 0. The topological polar surface area (TPSA) is 98.4 Å². The van der Waals surface area contributed by atoms with Gasteiger partial charge in [-0.15, -0.1) is 0 Å². The predicted octanol–water partition coefficient (Wildman–Crippen LogP) is 2.49. The Morgan fingerprint density at radius 3 is 2.54 bits per heavy atom. The van der Waals surface area contributed by atoms with Gasteiger partial charge in [-0.3, -0.25) is 14.4 Å². The SMILES string of the molecule is O=CC(=O)c1ccn(-c2c(F)cc3c(=O)c(C(=O)O)cn(C4CC4)c3c2F)c1. The van der Waals surface area contributed by atoms with E-state index in [4.69, 9.17) is 0 Å². The molecular weight excluding hydrogens is 374 g/mol. The Morgan fingerprint density at radius 2 is 1.93 bits per heavy atom. The summed E-state index contributed by atoms with van der Waals surface area (Å²) >= 11 is 0. The maximum absolute atomic E-state index is 15.3. The summed E-state index contributed by atoms with van der Waals surface area (Å²) < 4.78 is 32.4. The molecule has 1 aromatic carbocycles. The summed E-state index contributed by atoms with van der Waals surface area (Å²) in [5.74, 6) is -4.49. The molecule has 1 aliphatic carbocycles. The zero-order chi connectivity index (χ0) is 20.2. The summed E-state index contributed by atoms with van der Waals surface area (Å²) in [4.78, 5) is 45.9. The third-order valence-corrected chi connectivity index (χ3v) is 4.70. The van der Waals surface area contributed by atoms with E-state index in [9.17, 15) is 28.7 Å². The molecule has 1 N–H and O–H groups in total. The van der Waals surface area contributed by atoms with E-state index in [1.54, 1.807) is 0 Å². The number of aromatic carboxylic acids is 1. The maximum Gasteiger partial charge on any atom is 0.341 e. The number of nitrogens with zero attached hydrogens (tertiary/aromatic N) is 2. The van der Waals surface area contributed by atoms with Crippen molar-refractivity contribution >= 4 is 28.9 Å². The van der Waals surface area contributed by atoms with Crippen LogP contribution in [0, 0.1) is 11.6 Å². The van der Waals surface area contributed by atoms with Crippen LogP contribution < -0.4 is 5.43 Å². The highest BCUT2D eigenvalue weighted by Gasteiger charge is 2.30. The van der Waals surface area contributed by atoms with Crippen molar-refractivity contribution in [2.24, 2.45) is 0 Å². The predicted molar refractivity (Wildman–Crippen MR) is 93.1 cm³/mol. The number of aldehydes is 1. The van der Waals surface area contributed by atoms with Crippen LogP contribution in [0.5, 0.6) is 0 Å². The quantitative estimate of drug-likeness (QED) is 0.413. The van der Waals surface area contributed by atoms with Crippen LogP contribution in [0.3, 0.4) is 0 Å². The average Bonchev–Trinajstić information content (AvgIpc) is 3.39. The molecule has 0 amide bonds. The number of carbonyl (C=O) groups is 3. The number of pyridine rings is 1. The molecule has 2 aromatic heterocycles. The third-order valence-electron chi connectivity index (χ3n) is 4.70. The van der Waals surface area contributed by atoms with Crippen LogP contribution >= 0.6 is 0 Å². The van der Waals surface area contributed by atoms with Crippen LogP contribution in [0.15, 0.2) is 35.5 Å². The number of carboxylic acid groups (broad SMARTS) is 1. The van der Waals surface area contributed by atoms with E-state index in [0.717, 1.165) is 23.0 Å². The number of rotatable bonds is 5. The van der Waals surface area contributed by atoms with Gasteiger partial charge in [-0.05, 0) is 25.0 Å². The van der Waals surface area contributed by atoms with Crippen molar-refractivity contribution in [2.75, 3.05) is 0 Å². The van der Waals surface area contributed by atoms with Gasteiger partial charge in [0.15, 0.2) is 17.9 Å². The molecule has 7 nitrogen and oxygen atoms in total. The minimum Gasteiger partial charge on any atom is -0.477 e. The number of benzene rings is 1. The van der Waals surface area contributed by atoms with Crippen molar-refractivity contribution < 1.29 is 28.3 Å². The Hall–Kier alpha value is -3.62. The zero-order valence-electron chi connectivity index (χ0n) is 14.2. The Bertz CT molecular complexity index is 1240. The molecule has 0 aliphatic heterocycles. The van der Waals surface area contributed by atoms with Gasteiger partial charge in [0, 0.05) is 30.2 Å². The lowest BCUT2D eigenvalue weighted by Gasteiger charge is -2.15. The second-order valence-corrected chi connectivity index (χ2v) is 6.52. The van der Waals surface area contributed by atoms with E-state index in [-0.39, 0.29) is 28.8 Å². The molecule has 9 heteroatoms. The Balaban J connectivity index is 2.04. The molecule has 0 unspecified atom stereocenters. The van der Waals surface area contributed by atoms with Crippen molar-refractivity contribution in [1.82, 2.24) is 9.13 Å². The molecule has 0 saturated heterocycles. The second-order valence-electron chi connectivity index (χ2n) is 6.52. The van der Waals surface area contributed by atoms with Crippen LogP contribution in [0.4, 0.5) is 8.78 Å². The fourth-order valence-corrected chi connectivity index (χ4v) is 3.21. The molecule has 0 spiro atoms. The maximum atomic E-state index is 15.3. The number of aromatic nitrogens is 2. The highest BCUT2D eigenvalue weighted by atomic mass is 19.1. The molecule has 1 aliphatic rings. The number of halogens is 2. The van der Waals surface area contributed by atoms with Crippen molar-refractivity contribution in [3.8, 4) is 5.69 Å². The molecule has 0 bridgehead atoms. The summed E-state index contributed by atoms with van der Waals surface area (Å²) in [5.41, 5.74) is -2.33. The zero-order valence-corrected chi connectivity index (χ0v) is 14.2. The number of Topliss-reactive ketones (excluding diaryl/α,β-unsaturated/α-hetero) is 1. The van der Waals surface area contributed by atoms with Gasteiger partial charge in [0.25, 0.3) is 0 Å². The molecule has 4 rings (SSSR count). The Kier molecular flexibility index (Phi) is 3.95. The van der Waals surface area contributed by atoms with E-state index in [1.807, 2.05) is 0 Å². The van der Waals surface area contributed by atoms with E-state index in [1.165, 1.54) is 16.8 Å². The van der Waals surface area contributed by atoms with Crippen LogP contribution in [-0.2, 0) is 4.79 Å². The molecule has 142 valence electrons. The minimum atomic E-state index is -1.48. The average molecular weight is 386 g/mol. The van der Waals surface area contributed by atoms with Gasteiger partial charge in [0.2, 0.25) is 11.2 Å². The van der Waals surface area contributed by atoms with Crippen LogP contribution in [0.2, 0.25) is 0 Å².